The van der Waals surface area contributed by atoms with Gasteiger partial charge >= 0.3 is 5.82 Å². The maximum atomic E-state index is 12.7. The minimum Gasteiger partial charge on any atom is -0.494 e. The molecule has 3 rings (SSSR count). The van der Waals surface area contributed by atoms with Crippen LogP contribution in [-0.4, -0.2) is 34.6 Å². The van der Waals surface area contributed by atoms with Crippen LogP contribution in [0.2, 0.25) is 0 Å². The van der Waals surface area contributed by atoms with Gasteiger partial charge in [0.15, 0.2) is 11.4 Å². The first-order valence-corrected chi connectivity index (χ1v) is 8.23. The highest BCUT2D eigenvalue weighted by Gasteiger charge is 2.44. The molecule has 26 heavy (non-hydrogen) atoms. The number of ether oxygens (including phenoxy) is 2. The number of carbonyl (C=O) groups is 1. The minimum absolute atomic E-state index is 0.170. The van der Waals surface area contributed by atoms with Crippen molar-refractivity contribution in [1.29, 1.82) is 0 Å². The molecule has 0 aliphatic carbocycles. The van der Waals surface area contributed by atoms with Crippen LogP contribution in [0.1, 0.15) is 20.3 Å². The minimum atomic E-state index is -1.06. The summed E-state index contributed by atoms with van der Waals surface area (Å²) in [6, 6.07) is 12.1. The Morgan fingerprint density at radius 1 is 1.23 bits per heavy atom. The smallest absolute Gasteiger partial charge is 0.366 e. The van der Waals surface area contributed by atoms with Crippen LogP contribution in [0.15, 0.2) is 42.5 Å². The molecule has 0 unspecified atom stereocenters. The molecule has 0 atom stereocenters. The summed E-state index contributed by atoms with van der Waals surface area (Å²) in [6.07, 6.45) is 0.542. The molecular formula is C18H19N3O5. The van der Waals surface area contributed by atoms with Crippen molar-refractivity contribution in [2.45, 2.75) is 25.9 Å². The number of nitrogens with zero attached hydrogens (tertiary/aromatic N) is 3. The van der Waals surface area contributed by atoms with E-state index in [1.54, 1.807) is 13.8 Å². The number of hydrogen-bond donors (Lipinski definition) is 0. The average molecular weight is 357 g/mol. The molecule has 0 radical (unpaired) electrons. The van der Waals surface area contributed by atoms with Gasteiger partial charge in [-0.25, -0.2) is 0 Å². The zero-order valence-electron chi connectivity index (χ0n) is 14.5. The normalized spacial score (nSPS) is 15.2. The van der Waals surface area contributed by atoms with Crippen molar-refractivity contribution in [2.24, 2.45) is 0 Å². The number of amides is 1. The number of fused-ring (bicyclic) bond motifs is 1. The van der Waals surface area contributed by atoms with E-state index < -0.39 is 10.5 Å². The second kappa shape index (κ2) is 6.99. The number of pyridine rings is 1. The van der Waals surface area contributed by atoms with Crippen molar-refractivity contribution in [1.82, 2.24) is 4.98 Å². The second-order valence-corrected chi connectivity index (χ2v) is 6.33. The molecule has 1 aromatic heterocycles. The standard InChI is InChI=1S/C18H19N3O5/c1-18(2)17(22)20(11-6-12-25-13-7-4-3-5-8-13)16-14(26-18)9-10-15(19-16)21(23)24/h3-5,7-10H,6,11-12H2,1-2H3. The quantitative estimate of drug-likeness (QED) is 0.448. The number of aromatic nitrogens is 1. The van der Waals surface area contributed by atoms with Crippen LogP contribution in [0.25, 0.3) is 0 Å². The summed E-state index contributed by atoms with van der Waals surface area (Å²) < 4.78 is 11.3. The summed E-state index contributed by atoms with van der Waals surface area (Å²) in [6.45, 7) is 4.04. The maximum absolute atomic E-state index is 12.7. The summed E-state index contributed by atoms with van der Waals surface area (Å²) in [5.74, 6) is 0.644. The van der Waals surface area contributed by atoms with Crippen molar-refractivity contribution >= 4 is 17.5 Å². The fourth-order valence-electron chi connectivity index (χ4n) is 2.68. The molecule has 1 amide bonds. The van der Waals surface area contributed by atoms with Crippen molar-refractivity contribution in [3.63, 3.8) is 0 Å². The summed E-state index contributed by atoms with van der Waals surface area (Å²) in [5.41, 5.74) is -1.06. The number of anilines is 1. The summed E-state index contributed by atoms with van der Waals surface area (Å²) in [5, 5.41) is 11.0. The Bertz CT molecular complexity index is 823. The number of hydrogen-bond acceptors (Lipinski definition) is 6. The monoisotopic (exact) mass is 357 g/mol. The molecule has 0 bridgehead atoms. The van der Waals surface area contributed by atoms with E-state index in [-0.39, 0.29) is 17.5 Å². The van der Waals surface area contributed by atoms with E-state index in [0.717, 1.165) is 5.75 Å². The lowest BCUT2D eigenvalue weighted by Crippen LogP contribution is -2.53. The molecule has 0 saturated carbocycles. The third-order valence-corrected chi connectivity index (χ3v) is 3.93. The lowest BCUT2D eigenvalue weighted by molar-refractivity contribution is -0.389. The maximum Gasteiger partial charge on any atom is 0.366 e. The van der Waals surface area contributed by atoms with Crippen LogP contribution < -0.4 is 14.4 Å². The first-order valence-electron chi connectivity index (χ1n) is 8.23. The number of nitro groups is 1. The van der Waals surface area contributed by atoms with E-state index in [0.29, 0.717) is 25.3 Å². The molecule has 0 fully saturated rings. The lowest BCUT2D eigenvalue weighted by atomic mass is 10.1. The zero-order chi connectivity index (χ0) is 18.7. The van der Waals surface area contributed by atoms with E-state index in [9.17, 15) is 14.9 Å². The third-order valence-electron chi connectivity index (χ3n) is 3.93. The largest absolute Gasteiger partial charge is 0.494 e. The van der Waals surface area contributed by atoms with E-state index >= 15 is 0 Å². The van der Waals surface area contributed by atoms with Gasteiger partial charge in [-0.1, -0.05) is 18.2 Å². The van der Waals surface area contributed by atoms with Gasteiger partial charge in [0.1, 0.15) is 5.75 Å². The van der Waals surface area contributed by atoms with Gasteiger partial charge in [0.25, 0.3) is 11.7 Å². The topological polar surface area (TPSA) is 94.8 Å². The average Bonchev–Trinajstić information content (AvgIpc) is 2.61. The summed E-state index contributed by atoms with van der Waals surface area (Å²) in [4.78, 5) is 28.5. The van der Waals surface area contributed by atoms with Gasteiger partial charge < -0.3 is 19.6 Å². The van der Waals surface area contributed by atoms with Crippen LogP contribution in [0.5, 0.6) is 11.5 Å². The van der Waals surface area contributed by atoms with E-state index in [1.807, 2.05) is 30.3 Å². The molecule has 1 aliphatic rings. The highest BCUT2D eigenvalue weighted by atomic mass is 16.6. The lowest BCUT2D eigenvalue weighted by Gasteiger charge is -2.35. The molecule has 8 nitrogen and oxygen atoms in total. The third kappa shape index (κ3) is 3.58. The SMILES string of the molecule is CC1(C)Oc2ccc([N+](=O)[O-])nc2N(CCCOc2ccccc2)C1=O. The van der Waals surface area contributed by atoms with Crippen molar-refractivity contribution in [3.05, 3.63) is 52.6 Å². The summed E-state index contributed by atoms with van der Waals surface area (Å²) >= 11 is 0. The highest BCUT2D eigenvalue weighted by molar-refractivity contribution is 6.01. The Morgan fingerprint density at radius 2 is 1.96 bits per heavy atom. The predicted molar refractivity (Wildman–Crippen MR) is 94.5 cm³/mol. The Hall–Kier alpha value is -3.16. The van der Waals surface area contributed by atoms with Gasteiger partial charge in [-0.2, -0.15) is 0 Å². The van der Waals surface area contributed by atoms with Crippen molar-refractivity contribution in [2.75, 3.05) is 18.1 Å². The molecule has 1 aliphatic heterocycles. The van der Waals surface area contributed by atoms with Crippen LogP contribution in [-0.2, 0) is 4.79 Å². The molecule has 8 heteroatoms. The van der Waals surface area contributed by atoms with E-state index in [2.05, 4.69) is 4.98 Å². The van der Waals surface area contributed by atoms with Gasteiger partial charge in [-0.3, -0.25) is 9.69 Å². The first kappa shape index (κ1) is 17.7. The van der Waals surface area contributed by atoms with E-state index in [4.69, 9.17) is 9.47 Å². The predicted octanol–water partition coefficient (Wildman–Crippen LogP) is 2.96. The van der Waals surface area contributed by atoms with Crippen LogP contribution >= 0.6 is 0 Å². The first-order chi connectivity index (χ1) is 12.4. The number of rotatable bonds is 6. The fourth-order valence-corrected chi connectivity index (χ4v) is 2.68. The molecule has 136 valence electrons. The number of carbonyl (C=O) groups excluding carboxylic acids is 1. The van der Waals surface area contributed by atoms with Gasteiger partial charge in [0.2, 0.25) is 0 Å². The Kier molecular flexibility index (Phi) is 4.75. The molecule has 0 N–H and O–H groups in total. The molecule has 1 aromatic carbocycles. The van der Waals surface area contributed by atoms with Crippen LogP contribution in [0, 0.1) is 10.1 Å². The molecule has 2 heterocycles. The van der Waals surface area contributed by atoms with Gasteiger partial charge in [0.05, 0.1) is 6.61 Å². The fraction of sp³-hybridized carbons (Fsp3) is 0.333. The number of benzene rings is 1. The highest BCUT2D eigenvalue weighted by Crippen LogP contribution is 2.37. The van der Waals surface area contributed by atoms with Gasteiger partial charge in [-0.05, 0) is 48.4 Å². The van der Waals surface area contributed by atoms with Gasteiger partial charge in [0, 0.05) is 12.6 Å². The van der Waals surface area contributed by atoms with Gasteiger partial charge in [-0.15, -0.1) is 0 Å². The molecule has 0 saturated heterocycles. The van der Waals surface area contributed by atoms with Crippen molar-refractivity contribution < 1.29 is 19.2 Å². The molecular weight excluding hydrogens is 338 g/mol. The van der Waals surface area contributed by atoms with Crippen LogP contribution in [0.4, 0.5) is 11.6 Å². The molecule has 0 spiro atoms. The Labute approximate surface area is 150 Å². The van der Waals surface area contributed by atoms with Crippen molar-refractivity contribution in [3.8, 4) is 11.5 Å². The summed E-state index contributed by atoms with van der Waals surface area (Å²) in [7, 11) is 0. The Morgan fingerprint density at radius 3 is 2.65 bits per heavy atom. The number of para-hydroxylation sites is 1. The van der Waals surface area contributed by atoms with E-state index in [1.165, 1.54) is 17.0 Å². The molecule has 2 aromatic rings. The van der Waals surface area contributed by atoms with Crippen LogP contribution in [0.3, 0.4) is 0 Å². The zero-order valence-corrected chi connectivity index (χ0v) is 14.5. The Balaban J connectivity index is 1.75. The second-order valence-electron chi connectivity index (χ2n) is 6.33.